The molecule has 0 radical (unpaired) electrons. The van der Waals surface area contributed by atoms with Crippen LogP contribution in [0.5, 0.6) is 0 Å². The lowest BCUT2D eigenvalue weighted by molar-refractivity contribution is 0.0994. The third-order valence-corrected chi connectivity index (χ3v) is 5.97. The molecular weight excluding hydrogens is 380 g/mol. The molecule has 0 aliphatic carbocycles. The summed E-state index contributed by atoms with van der Waals surface area (Å²) in [5.41, 5.74) is 4.13. The van der Waals surface area contributed by atoms with Gasteiger partial charge in [-0.05, 0) is 51.9 Å². The lowest BCUT2D eigenvalue weighted by Gasteiger charge is -2.19. The number of benzene rings is 2. The van der Waals surface area contributed by atoms with E-state index in [2.05, 4.69) is 62.3 Å². The van der Waals surface area contributed by atoms with Gasteiger partial charge in [0.05, 0.1) is 10.9 Å². The van der Waals surface area contributed by atoms with Gasteiger partial charge in [-0.3, -0.25) is 4.79 Å². The van der Waals surface area contributed by atoms with Crippen LogP contribution in [0.2, 0.25) is 0 Å². The van der Waals surface area contributed by atoms with Gasteiger partial charge < -0.3 is 0 Å². The topological polar surface area (TPSA) is 60.7 Å². The summed E-state index contributed by atoms with van der Waals surface area (Å²) >= 11 is 1.37. The van der Waals surface area contributed by atoms with Crippen molar-refractivity contribution >= 4 is 17.5 Å². The van der Waals surface area contributed by atoms with Crippen molar-refractivity contribution in [2.75, 3.05) is 0 Å². The summed E-state index contributed by atoms with van der Waals surface area (Å²) in [7, 11) is 0. The first-order valence-electron chi connectivity index (χ1n) is 9.87. The Balaban J connectivity index is 1.75. The maximum absolute atomic E-state index is 12.9. The molecule has 0 bridgehead atoms. The molecule has 2 aromatic carbocycles. The van der Waals surface area contributed by atoms with E-state index in [1.807, 2.05) is 43.3 Å². The van der Waals surface area contributed by atoms with E-state index < -0.39 is 0 Å². The largest absolute Gasteiger partial charge is 0.293 e. The molecule has 29 heavy (non-hydrogen) atoms. The molecule has 1 atom stereocenters. The molecule has 0 N–H and O–H groups in total. The molecule has 0 amide bonds. The first-order chi connectivity index (χ1) is 13.7. The number of Topliss-reactive ketones (excluding diaryl/α,β-unsaturated/α-hetero) is 1. The van der Waals surface area contributed by atoms with E-state index in [4.69, 9.17) is 0 Å². The maximum atomic E-state index is 12.9. The van der Waals surface area contributed by atoms with E-state index in [0.29, 0.717) is 16.6 Å². The molecule has 1 aromatic heterocycles. The highest BCUT2D eigenvalue weighted by molar-refractivity contribution is 8.00. The van der Waals surface area contributed by atoms with Crippen molar-refractivity contribution in [1.29, 1.82) is 0 Å². The van der Waals surface area contributed by atoms with Crippen LogP contribution in [0.1, 0.15) is 68.9 Å². The van der Waals surface area contributed by atoms with Crippen LogP contribution in [0.15, 0.2) is 53.7 Å². The van der Waals surface area contributed by atoms with Crippen molar-refractivity contribution in [3.63, 3.8) is 0 Å². The average Bonchev–Trinajstić information content (AvgIpc) is 3.15. The summed E-state index contributed by atoms with van der Waals surface area (Å²) in [6, 6.07) is 16.1. The quantitative estimate of drug-likeness (QED) is 0.401. The van der Waals surface area contributed by atoms with Gasteiger partial charge >= 0.3 is 0 Å². The highest BCUT2D eigenvalue weighted by atomic mass is 32.2. The molecule has 5 nitrogen and oxygen atoms in total. The Bertz CT molecular complexity index is 969. The van der Waals surface area contributed by atoms with Crippen LogP contribution in [0.4, 0.5) is 0 Å². The van der Waals surface area contributed by atoms with Crippen LogP contribution in [-0.2, 0) is 5.41 Å². The van der Waals surface area contributed by atoms with E-state index >= 15 is 0 Å². The van der Waals surface area contributed by atoms with Gasteiger partial charge in [0.2, 0.25) is 5.16 Å². The molecule has 0 aliphatic heterocycles. The van der Waals surface area contributed by atoms with E-state index in [-0.39, 0.29) is 16.4 Å². The van der Waals surface area contributed by atoms with Crippen molar-refractivity contribution in [1.82, 2.24) is 20.2 Å². The molecule has 0 fully saturated rings. The maximum Gasteiger partial charge on any atom is 0.214 e. The SMILES string of the molecule is CC(C)c1ccc(-n2nnnc2S[C@@H](C)C(=O)c2ccc(C(C)(C)C)cc2)cc1. The number of hydrogen-bond donors (Lipinski definition) is 0. The van der Waals surface area contributed by atoms with E-state index in [0.717, 1.165) is 5.69 Å². The third-order valence-electron chi connectivity index (χ3n) is 4.93. The van der Waals surface area contributed by atoms with Gasteiger partial charge in [-0.15, -0.1) is 5.10 Å². The first-order valence-corrected chi connectivity index (χ1v) is 10.7. The predicted molar refractivity (Wildman–Crippen MR) is 118 cm³/mol. The van der Waals surface area contributed by atoms with Gasteiger partial charge in [0, 0.05) is 5.56 Å². The van der Waals surface area contributed by atoms with Crippen LogP contribution < -0.4 is 0 Å². The minimum absolute atomic E-state index is 0.0646. The van der Waals surface area contributed by atoms with Crippen molar-refractivity contribution in [3.05, 3.63) is 65.2 Å². The Labute approximate surface area is 176 Å². The van der Waals surface area contributed by atoms with Crippen LogP contribution in [-0.4, -0.2) is 31.2 Å². The smallest absolute Gasteiger partial charge is 0.214 e. The standard InChI is InChI=1S/C23H28N4OS/c1-15(2)17-9-13-20(14-10-17)27-22(24-25-26-27)29-16(3)21(28)18-7-11-19(12-8-18)23(4,5)6/h7-16H,1-6H3/t16-/m0/s1. The molecule has 6 heteroatoms. The number of carbonyl (C=O) groups is 1. The van der Waals surface area contributed by atoms with Crippen LogP contribution >= 0.6 is 11.8 Å². The minimum Gasteiger partial charge on any atom is -0.293 e. The highest BCUT2D eigenvalue weighted by Gasteiger charge is 2.21. The molecule has 152 valence electrons. The molecule has 0 saturated heterocycles. The van der Waals surface area contributed by atoms with Crippen LogP contribution in [0.3, 0.4) is 0 Å². The van der Waals surface area contributed by atoms with Crippen LogP contribution in [0, 0.1) is 0 Å². The van der Waals surface area contributed by atoms with E-state index in [9.17, 15) is 4.79 Å². The molecule has 0 spiro atoms. The Morgan fingerprint density at radius 2 is 1.59 bits per heavy atom. The number of ketones is 1. The molecule has 0 saturated carbocycles. The molecule has 0 aliphatic rings. The van der Waals surface area contributed by atoms with Gasteiger partial charge in [-0.25, -0.2) is 0 Å². The van der Waals surface area contributed by atoms with Gasteiger partial charge in [-0.1, -0.05) is 82.8 Å². The van der Waals surface area contributed by atoms with Crippen LogP contribution in [0.25, 0.3) is 5.69 Å². The lowest BCUT2D eigenvalue weighted by Crippen LogP contribution is -2.16. The molecule has 0 unspecified atom stereocenters. The van der Waals surface area contributed by atoms with Gasteiger partial charge in [-0.2, -0.15) is 4.68 Å². The average molecular weight is 409 g/mol. The molecule has 3 rings (SSSR count). The van der Waals surface area contributed by atoms with Gasteiger partial charge in [0.1, 0.15) is 0 Å². The third kappa shape index (κ3) is 4.93. The Hall–Kier alpha value is -2.47. The fourth-order valence-electron chi connectivity index (χ4n) is 3.00. The zero-order chi connectivity index (χ0) is 21.2. The second-order valence-corrected chi connectivity index (χ2v) is 9.88. The number of thioether (sulfide) groups is 1. The summed E-state index contributed by atoms with van der Waals surface area (Å²) in [4.78, 5) is 12.9. The van der Waals surface area contributed by atoms with Gasteiger partial charge in [0.25, 0.3) is 0 Å². The summed E-state index contributed by atoms with van der Waals surface area (Å²) in [6.07, 6.45) is 0. The monoisotopic (exact) mass is 408 g/mol. The first kappa shape index (κ1) is 21.2. The van der Waals surface area contributed by atoms with E-state index in [1.165, 1.54) is 22.9 Å². The highest BCUT2D eigenvalue weighted by Crippen LogP contribution is 2.27. The fraction of sp³-hybridized carbons (Fsp3) is 0.391. The zero-order valence-electron chi connectivity index (χ0n) is 17.9. The number of carbonyl (C=O) groups excluding carboxylic acids is 1. The summed E-state index contributed by atoms with van der Waals surface area (Å²) in [5.74, 6) is 0.536. The number of hydrogen-bond acceptors (Lipinski definition) is 5. The number of aromatic nitrogens is 4. The molecule has 3 aromatic rings. The second-order valence-electron chi connectivity index (χ2n) is 8.57. The molecular formula is C23H28N4OS. The van der Waals surface area contributed by atoms with Gasteiger partial charge in [0.15, 0.2) is 5.78 Å². The zero-order valence-corrected chi connectivity index (χ0v) is 18.7. The second kappa shape index (κ2) is 8.49. The van der Waals surface area contributed by atoms with Crippen molar-refractivity contribution < 1.29 is 4.79 Å². The summed E-state index contributed by atoms with van der Waals surface area (Å²) in [5, 5.41) is 12.4. The van der Waals surface area contributed by atoms with Crippen molar-refractivity contribution in [3.8, 4) is 5.69 Å². The fourth-order valence-corrected chi connectivity index (χ4v) is 3.88. The normalized spacial score (nSPS) is 12.9. The number of tetrazole rings is 1. The van der Waals surface area contributed by atoms with Crippen molar-refractivity contribution in [2.45, 2.75) is 63.3 Å². The summed E-state index contributed by atoms with van der Waals surface area (Å²) in [6.45, 7) is 12.7. The minimum atomic E-state index is -0.296. The summed E-state index contributed by atoms with van der Waals surface area (Å²) < 4.78 is 1.68. The molecule has 1 heterocycles. The predicted octanol–water partition coefficient (Wildman–Crippen LogP) is 5.45. The number of nitrogens with zero attached hydrogens (tertiary/aromatic N) is 4. The van der Waals surface area contributed by atoms with Crippen molar-refractivity contribution in [2.24, 2.45) is 0 Å². The Morgan fingerprint density at radius 1 is 0.966 bits per heavy atom. The number of rotatable bonds is 6. The lowest BCUT2D eigenvalue weighted by atomic mass is 9.86. The Kier molecular flexibility index (Phi) is 6.22. The Morgan fingerprint density at radius 3 is 2.14 bits per heavy atom. The van der Waals surface area contributed by atoms with E-state index in [1.54, 1.807) is 4.68 Å².